The summed E-state index contributed by atoms with van der Waals surface area (Å²) in [5.74, 6) is 0.533. The third kappa shape index (κ3) is 2.87. The number of likely N-dealkylation sites (tertiary alicyclic amines) is 1. The molecule has 4 nitrogen and oxygen atoms in total. The minimum atomic E-state index is -0.171. The quantitative estimate of drug-likeness (QED) is 0.861. The van der Waals surface area contributed by atoms with Crippen molar-refractivity contribution in [3.8, 4) is 0 Å². The number of amides is 2. The molecule has 2 amide bonds. The molecule has 0 radical (unpaired) electrons. The fourth-order valence-corrected chi connectivity index (χ4v) is 3.36. The average molecular weight is 300 g/mol. The first-order chi connectivity index (χ1) is 10.6. The summed E-state index contributed by atoms with van der Waals surface area (Å²) in [5, 5.41) is 0. The molecule has 1 aromatic rings. The fraction of sp³-hybridized carbons (Fsp3) is 0.556. The zero-order valence-corrected chi connectivity index (χ0v) is 13.4. The van der Waals surface area contributed by atoms with Crippen LogP contribution in [0.3, 0.4) is 0 Å². The van der Waals surface area contributed by atoms with Gasteiger partial charge >= 0.3 is 0 Å². The Morgan fingerprint density at radius 2 is 1.77 bits per heavy atom. The van der Waals surface area contributed by atoms with Gasteiger partial charge in [0.15, 0.2) is 0 Å². The monoisotopic (exact) mass is 300 g/mol. The van der Waals surface area contributed by atoms with Gasteiger partial charge in [-0.1, -0.05) is 26.0 Å². The topological polar surface area (TPSA) is 40.6 Å². The van der Waals surface area contributed by atoms with E-state index in [9.17, 15) is 9.59 Å². The van der Waals surface area contributed by atoms with E-state index >= 15 is 0 Å². The zero-order valence-electron chi connectivity index (χ0n) is 13.4. The van der Waals surface area contributed by atoms with Crippen LogP contribution in [0.1, 0.15) is 44.6 Å². The van der Waals surface area contributed by atoms with Gasteiger partial charge in [0.25, 0.3) is 0 Å². The smallest absolute Gasteiger partial charge is 0.228 e. The van der Waals surface area contributed by atoms with E-state index in [1.165, 1.54) is 5.56 Å². The first-order valence-corrected chi connectivity index (χ1v) is 8.25. The normalized spacial score (nSPS) is 22.0. The van der Waals surface area contributed by atoms with Crippen molar-refractivity contribution in [1.29, 1.82) is 0 Å². The van der Waals surface area contributed by atoms with Crippen LogP contribution in [-0.2, 0) is 9.59 Å². The Labute approximate surface area is 132 Å². The maximum atomic E-state index is 12.5. The van der Waals surface area contributed by atoms with Gasteiger partial charge in [-0.3, -0.25) is 9.59 Å². The third-order valence-corrected chi connectivity index (χ3v) is 4.76. The van der Waals surface area contributed by atoms with Crippen LogP contribution >= 0.6 is 0 Å². The number of benzene rings is 1. The van der Waals surface area contributed by atoms with Crippen LogP contribution in [0.5, 0.6) is 0 Å². The van der Waals surface area contributed by atoms with Gasteiger partial charge in [0, 0.05) is 31.7 Å². The summed E-state index contributed by atoms with van der Waals surface area (Å²) in [6.45, 7) is 6.54. The van der Waals surface area contributed by atoms with Crippen LogP contribution in [0.4, 0.5) is 5.69 Å². The lowest BCUT2D eigenvalue weighted by molar-refractivity contribution is -0.134. The summed E-state index contributed by atoms with van der Waals surface area (Å²) >= 11 is 0. The number of carbonyl (C=O) groups is 2. The molecule has 0 aliphatic carbocycles. The van der Waals surface area contributed by atoms with Crippen LogP contribution in [0.2, 0.25) is 0 Å². The second-order valence-electron chi connectivity index (χ2n) is 6.68. The first-order valence-electron chi connectivity index (χ1n) is 8.25. The molecule has 2 saturated heterocycles. The van der Waals surface area contributed by atoms with Gasteiger partial charge in [0.2, 0.25) is 11.8 Å². The van der Waals surface area contributed by atoms with Gasteiger partial charge in [0.05, 0.1) is 5.92 Å². The van der Waals surface area contributed by atoms with E-state index in [4.69, 9.17) is 0 Å². The fourth-order valence-electron chi connectivity index (χ4n) is 3.36. The Bertz CT molecular complexity index is 559. The Balaban J connectivity index is 1.70. The van der Waals surface area contributed by atoms with Crippen molar-refractivity contribution in [2.75, 3.05) is 24.5 Å². The van der Waals surface area contributed by atoms with E-state index in [2.05, 4.69) is 26.0 Å². The number of nitrogens with zero attached hydrogens (tertiary/aromatic N) is 2. The maximum absolute atomic E-state index is 12.5. The van der Waals surface area contributed by atoms with E-state index in [1.807, 2.05) is 17.0 Å². The molecule has 0 aromatic heterocycles. The Morgan fingerprint density at radius 3 is 2.36 bits per heavy atom. The number of hydrogen-bond donors (Lipinski definition) is 0. The molecule has 4 heteroatoms. The van der Waals surface area contributed by atoms with Crippen molar-refractivity contribution in [2.45, 2.75) is 39.0 Å². The molecule has 2 heterocycles. The molecule has 1 atom stereocenters. The Kier molecular flexibility index (Phi) is 4.19. The minimum absolute atomic E-state index is 0.0647. The Hall–Kier alpha value is -1.84. The molecule has 2 fully saturated rings. The summed E-state index contributed by atoms with van der Waals surface area (Å²) in [7, 11) is 0. The molecule has 0 saturated carbocycles. The van der Waals surface area contributed by atoms with Gasteiger partial charge in [-0.05, 0) is 36.5 Å². The summed E-state index contributed by atoms with van der Waals surface area (Å²) in [4.78, 5) is 28.4. The zero-order chi connectivity index (χ0) is 15.7. The van der Waals surface area contributed by atoms with Crippen molar-refractivity contribution in [1.82, 2.24) is 4.90 Å². The van der Waals surface area contributed by atoms with Crippen LogP contribution in [0.15, 0.2) is 24.3 Å². The van der Waals surface area contributed by atoms with E-state index in [1.54, 1.807) is 4.90 Å². The lowest BCUT2D eigenvalue weighted by Gasteiger charge is -2.21. The first kappa shape index (κ1) is 15.1. The number of hydrogen-bond acceptors (Lipinski definition) is 2. The van der Waals surface area contributed by atoms with Gasteiger partial charge in [0.1, 0.15) is 0 Å². The van der Waals surface area contributed by atoms with Crippen molar-refractivity contribution in [2.24, 2.45) is 5.92 Å². The highest BCUT2D eigenvalue weighted by Gasteiger charge is 2.37. The molecule has 0 N–H and O–H groups in total. The van der Waals surface area contributed by atoms with Crippen LogP contribution < -0.4 is 4.90 Å². The minimum Gasteiger partial charge on any atom is -0.342 e. The SMILES string of the molecule is CC(C)c1ccc(N2CC(C(=O)N3CCCC3)CC2=O)cc1. The molecule has 118 valence electrons. The highest BCUT2D eigenvalue weighted by Crippen LogP contribution is 2.28. The van der Waals surface area contributed by atoms with E-state index in [0.29, 0.717) is 18.9 Å². The molecular formula is C18H24N2O2. The second-order valence-corrected chi connectivity index (χ2v) is 6.68. The predicted octanol–water partition coefficient (Wildman–Crippen LogP) is 2.79. The second kappa shape index (κ2) is 6.11. The van der Waals surface area contributed by atoms with Crippen molar-refractivity contribution in [3.05, 3.63) is 29.8 Å². The maximum Gasteiger partial charge on any atom is 0.228 e. The molecule has 1 unspecified atom stereocenters. The summed E-state index contributed by atoms with van der Waals surface area (Å²) in [6.07, 6.45) is 2.53. The molecule has 0 bridgehead atoms. The standard InChI is InChI=1S/C18H24N2O2/c1-13(2)14-5-7-16(8-6-14)20-12-15(11-17(20)21)18(22)19-9-3-4-10-19/h5-8,13,15H,3-4,9-12H2,1-2H3. The number of rotatable bonds is 3. The highest BCUT2D eigenvalue weighted by molar-refractivity contribution is 6.00. The summed E-state index contributed by atoms with van der Waals surface area (Å²) in [6, 6.07) is 8.14. The third-order valence-electron chi connectivity index (χ3n) is 4.76. The predicted molar refractivity (Wildman–Crippen MR) is 86.8 cm³/mol. The molecule has 2 aliphatic heterocycles. The molecule has 0 spiro atoms. The van der Waals surface area contributed by atoms with Crippen LogP contribution in [0.25, 0.3) is 0 Å². The molecular weight excluding hydrogens is 276 g/mol. The average Bonchev–Trinajstić information content (AvgIpc) is 3.16. The van der Waals surface area contributed by atoms with Gasteiger partial charge in [-0.25, -0.2) is 0 Å². The largest absolute Gasteiger partial charge is 0.342 e. The molecule has 1 aromatic carbocycles. The van der Waals surface area contributed by atoms with Crippen molar-refractivity contribution < 1.29 is 9.59 Å². The lowest BCUT2D eigenvalue weighted by atomic mass is 10.0. The van der Waals surface area contributed by atoms with Crippen molar-refractivity contribution in [3.63, 3.8) is 0 Å². The van der Waals surface area contributed by atoms with E-state index in [0.717, 1.165) is 31.6 Å². The van der Waals surface area contributed by atoms with Gasteiger partial charge in [-0.2, -0.15) is 0 Å². The molecule has 2 aliphatic rings. The van der Waals surface area contributed by atoms with E-state index < -0.39 is 0 Å². The molecule has 22 heavy (non-hydrogen) atoms. The Morgan fingerprint density at radius 1 is 1.14 bits per heavy atom. The van der Waals surface area contributed by atoms with Gasteiger partial charge in [-0.15, -0.1) is 0 Å². The molecule has 3 rings (SSSR count). The lowest BCUT2D eigenvalue weighted by Crippen LogP contribution is -2.35. The summed E-state index contributed by atoms with van der Waals surface area (Å²) in [5.41, 5.74) is 2.17. The van der Waals surface area contributed by atoms with E-state index in [-0.39, 0.29) is 17.7 Å². The number of carbonyl (C=O) groups excluding carboxylic acids is 2. The summed E-state index contributed by atoms with van der Waals surface area (Å²) < 4.78 is 0. The van der Waals surface area contributed by atoms with Crippen LogP contribution in [-0.4, -0.2) is 36.3 Å². The van der Waals surface area contributed by atoms with Crippen LogP contribution in [0, 0.1) is 5.92 Å². The highest BCUT2D eigenvalue weighted by atomic mass is 16.2. The number of anilines is 1. The van der Waals surface area contributed by atoms with Gasteiger partial charge < -0.3 is 9.80 Å². The van der Waals surface area contributed by atoms with Crippen molar-refractivity contribution >= 4 is 17.5 Å².